The summed E-state index contributed by atoms with van der Waals surface area (Å²) in [6, 6.07) is 5.78. The summed E-state index contributed by atoms with van der Waals surface area (Å²) in [6.07, 6.45) is 1.87. The number of amides is 1. The number of piperazine rings is 1. The third-order valence-corrected chi connectivity index (χ3v) is 4.44. The SMILES string of the molecule is Cc1cccc2c(=O)n(CCC(=O)N3CCNCC3C)cnc12.Cl. The molecule has 0 bridgehead atoms. The molecule has 0 saturated carbocycles. The molecule has 1 aromatic heterocycles. The molecule has 2 heterocycles. The van der Waals surface area contributed by atoms with Crippen molar-refractivity contribution in [1.29, 1.82) is 0 Å². The Balaban J connectivity index is 0.00000208. The predicted molar refractivity (Wildman–Crippen MR) is 96.6 cm³/mol. The fourth-order valence-corrected chi connectivity index (χ4v) is 3.07. The summed E-state index contributed by atoms with van der Waals surface area (Å²) >= 11 is 0. The van der Waals surface area contributed by atoms with Gasteiger partial charge >= 0.3 is 0 Å². The highest BCUT2D eigenvalue weighted by Crippen LogP contribution is 2.11. The molecule has 1 amide bonds. The van der Waals surface area contributed by atoms with E-state index in [4.69, 9.17) is 0 Å². The van der Waals surface area contributed by atoms with Crippen LogP contribution in [0.1, 0.15) is 18.9 Å². The minimum Gasteiger partial charge on any atom is -0.337 e. The average Bonchev–Trinajstić information content (AvgIpc) is 2.55. The average molecular weight is 351 g/mol. The molecule has 3 rings (SSSR count). The molecule has 0 radical (unpaired) electrons. The minimum absolute atomic E-state index is 0. The van der Waals surface area contributed by atoms with Crippen molar-refractivity contribution in [2.75, 3.05) is 19.6 Å². The van der Waals surface area contributed by atoms with Gasteiger partial charge in [0.1, 0.15) is 0 Å². The fourth-order valence-electron chi connectivity index (χ4n) is 3.07. The van der Waals surface area contributed by atoms with Crippen LogP contribution in [0.15, 0.2) is 29.3 Å². The first-order valence-electron chi connectivity index (χ1n) is 8.03. The summed E-state index contributed by atoms with van der Waals surface area (Å²) in [5, 5.41) is 3.88. The highest BCUT2D eigenvalue weighted by molar-refractivity contribution is 5.85. The van der Waals surface area contributed by atoms with Crippen molar-refractivity contribution >= 4 is 29.2 Å². The number of hydrogen-bond acceptors (Lipinski definition) is 4. The predicted octanol–water partition coefficient (Wildman–Crippen LogP) is 1.34. The first-order valence-corrected chi connectivity index (χ1v) is 8.03. The van der Waals surface area contributed by atoms with Gasteiger partial charge in [-0.05, 0) is 25.5 Å². The molecule has 1 unspecified atom stereocenters. The number of halogens is 1. The maximum atomic E-state index is 12.5. The van der Waals surface area contributed by atoms with Crippen LogP contribution in [0.3, 0.4) is 0 Å². The molecule has 24 heavy (non-hydrogen) atoms. The standard InChI is InChI=1S/C17H22N4O2.ClH/c1-12-4-3-5-14-16(12)19-11-20(17(14)23)8-6-15(22)21-9-7-18-10-13(21)2;/h3-5,11,13,18H,6-10H2,1-2H3;1H. The Morgan fingerprint density at radius 2 is 2.21 bits per heavy atom. The summed E-state index contributed by atoms with van der Waals surface area (Å²) < 4.78 is 1.53. The summed E-state index contributed by atoms with van der Waals surface area (Å²) in [5.41, 5.74) is 1.63. The lowest BCUT2D eigenvalue weighted by molar-refractivity contribution is -0.134. The molecule has 1 N–H and O–H groups in total. The second-order valence-corrected chi connectivity index (χ2v) is 6.10. The highest BCUT2D eigenvalue weighted by atomic mass is 35.5. The van der Waals surface area contributed by atoms with E-state index in [2.05, 4.69) is 10.3 Å². The van der Waals surface area contributed by atoms with Gasteiger partial charge < -0.3 is 10.2 Å². The van der Waals surface area contributed by atoms with E-state index in [-0.39, 0.29) is 29.9 Å². The van der Waals surface area contributed by atoms with Crippen molar-refractivity contribution in [3.63, 3.8) is 0 Å². The number of nitrogens with one attached hydrogen (secondary N) is 1. The van der Waals surface area contributed by atoms with Crippen molar-refractivity contribution in [3.8, 4) is 0 Å². The molecular formula is C17H23ClN4O2. The number of fused-ring (bicyclic) bond motifs is 1. The summed E-state index contributed by atoms with van der Waals surface area (Å²) in [5.74, 6) is 0.0928. The van der Waals surface area contributed by atoms with Gasteiger partial charge in [0.15, 0.2) is 0 Å². The van der Waals surface area contributed by atoms with Gasteiger partial charge in [0.2, 0.25) is 5.91 Å². The van der Waals surface area contributed by atoms with Crippen LogP contribution in [0.2, 0.25) is 0 Å². The Kier molecular flexibility index (Phi) is 5.96. The molecule has 1 fully saturated rings. The molecule has 2 aromatic rings. The van der Waals surface area contributed by atoms with Crippen LogP contribution in [0.5, 0.6) is 0 Å². The van der Waals surface area contributed by atoms with Gasteiger partial charge in [-0.15, -0.1) is 12.4 Å². The molecule has 1 aliphatic rings. The van der Waals surface area contributed by atoms with Crippen LogP contribution in [-0.4, -0.2) is 46.0 Å². The molecule has 130 valence electrons. The summed E-state index contributed by atoms with van der Waals surface area (Å²) in [6.45, 7) is 6.72. The number of benzene rings is 1. The van der Waals surface area contributed by atoms with E-state index in [9.17, 15) is 9.59 Å². The molecule has 7 heteroatoms. The number of aromatic nitrogens is 2. The van der Waals surface area contributed by atoms with Crippen LogP contribution >= 0.6 is 12.4 Å². The van der Waals surface area contributed by atoms with Crippen LogP contribution < -0.4 is 10.9 Å². The van der Waals surface area contributed by atoms with E-state index in [1.807, 2.05) is 30.9 Å². The van der Waals surface area contributed by atoms with Crippen molar-refractivity contribution in [2.45, 2.75) is 32.9 Å². The van der Waals surface area contributed by atoms with Crippen molar-refractivity contribution in [2.24, 2.45) is 0 Å². The summed E-state index contributed by atoms with van der Waals surface area (Å²) in [7, 11) is 0. The normalized spacial score (nSPS) is 17.6. The quantitative estimate of drug-likeness (QED) is 0.907. The van der Waals surface area contributed by atoms with Crippen molar-refractivity contribution in [3.05, 3.63) is 40.4 Å². The van der Waals surface area contributed by atoms with E-state index in [0.29, 0.717) is 18.4 Å². The Hall–Kier alpha value is -1.92. The maximum absolute atomic E-state index is 12.5. The lowest BCUT2D eigenvalue weighted by Gasteiger charge is -2.34. The van der Waals surface area contributed by atoms with Crippen LogP contribution in [0.25, 0.3) is 10.9 Å². The number of carbonyl (C=O) groups is 1. The van der Waals surface area contributed by atoms with Gasteiger partial charge in [-0.1, -0.05) is 12.1 Å². The van der Waals surface area contributed by atoms with Gasteiger partial charge in [-0.3, -0.25) is 14.2 Å². The van der Waals surface area contributed by atoms with Gasteiger partial charge in [0.05, 0.1) is 17.2 Å². The third-order valence-electron chi connectivity index (χ3n) is 4.44. The topological polar surface area (TPSA) is 67.2 Å². The smallest absolute Gasteiger partial charge is 0.261 e. The zero-order valence-electron chi connectivity index (χ0n) is 14.0. The van der Waals surface area contributed by atoms with Gasteiger partial charge in [-0.2, -0.15) is 0 Å². The lowest BCUT2D eigenvalue weighted by atomic mass is 10.1. The van der Waals surface area contributed by atoms with Crippen molar-refractivity contribution < 1.29 is 4.79 Å². The summed E-state index contributed by atoms with van der Waals surface area (Å²) in [4.78, 5) is 31.2. The zero-order valence-corrected chi connectivity index (χ0v) is 14.8. The Labute approximate surface area is 147 Å². The largest absolute Gasteiger partial charge is 0.337 e. The lowest BCUT2D eigenvalue weighted by Crippen LogP contribution is -2.52. The second kappa shape index (κ2) is 7.77. The Morgan fingerprint density at radius 3 is 2.96 bits per heavy atom. The number of hydrogen-bond donors (Lipinski definition) is 1. The molecule has 1 saturated heterocycles. The Morgan fingerprint density at radius 1 is 1.42 bits per heavy atom. The number of rotatable bonds is 3. The molecule has 6 nitrogen and oxygen atoms in total. The van der Waals surface area contributed by atoms with Crippen LogP contribution in [-0.2, 0) is 11.3 Å². The number of aryl methyl sites for hydroxylation is 2. The van der Waals surface area contributed by atoms with E-state index < -0.39 is 0 Å². The minimum atomic E-state index is -0.0835. The number of para-hydroxylation sites is 1. The fraction of sp³-hybridized carbons (Fsp3) is 0.471. The van der Waals surface area contributed by atoms with E-state index in [0.717, 1.165) is 30.7 Å². The first kappa shape index (κ1) is 18.4. The number of carbonyl (C=O) groups excluding carboxylic acids is 1. The second-order valence-electron chi connectivity index (χ2n) is 6.10. The molecular weight excluding hydrogens is 328 g/mol. The van der Waals surface area contributed by atoms with E-state index in [1.54, 1.807) is 12.4 Å². The molecule has 0 aliphatic carbocycles. The molecule has 0 spiro atoms. The van der Waals surface area contributed by atoms with E-state index in [1.165, 1.54) is 4.57 Å². The van der Waals surface area contributed by atoms with Crippen LogP contribution in [0, 0.1) is 6.92 Å². The van der Waals surface area contributed by atoms with Gasteiger partial charge in [0.25, 0.3) is 5.56 Å². The first-order chi connectivity index (χ1) is 11.1. The van der Waals surface area contributed by atoms with Gasteiger partial charge in [-0.25, -0.2) is 4.98 Å². The van der Waals surface area contributed by atoms with E-state index >= 15 is 0 Å². The number of nitrogens with zero attached hydrogens (tertiary/aromatic N) is 3. The Bertz CT molecular complexity index is 790. The van der Waals surface area contributed by atoms with Crippen LogP contribution in [0.4, 0.5) is 0 Å². The third kappa shape index (κ3) is 3.60. The molecule has 1 aliphatic heterocycles. The molecule has 1 atom stereocenters. The monoisotopic (exact) mass is 350 g/mol. The van der Waals surface area contributed by atoms with Gasteiger partial charge in [0, 0.05) is 38.6 Å². The van der Waals surface area contributed by atoms with Crippen molar-refractivity contribution in [1.82, 2.24) is 19.8 Å². The zero-order chi connectivity index (χ0) is 16.4. The molecule has 1 aromatic carbocycles. The highest BCUT2D eigenvalue weighted by Gasteiger charge is 2.22. The maximum Gasteiger partial charge on any atom is 0.261 e.